The predicted molar refractivity (Wildman–Crippen MR) is 79.6 cm³/mol. The van der Waals surface area contributed by atoms with Gasteiger partial charge in [-0.3, -0.25) is 4.90 Å². The Morgan fingerprint density at radius 2 is 1.63 bits per heavy atom. The molecule has 3 saturated heterocycles. The first-order valence-corrected chi connectivity index (χ1v) is 8.31. The molecule has 1 N–H and O–H groups in total. The van der Waals surface area contributed by atoms with Gasteiger partial charge in [0.25, 0.3) is 0 Å². The van der Waals surface area contributed by atoms with Crippen LogP contribution >= 0.6 is 0 Å². The number of hydrogen-bond acceptors (Lipinski definition) is 4. The Balaban J connectivity index is 1.36. The second kappa shape index (κ2) is 7.02. The minimum absolute atomic E-state index is 0.869. The van der Waals surface area contributed by atoms with Crippen molar-refractivity contribution >= 4 is 0 Å². The van der Waals surface area contributed by atoms with E-state index < -0.39 is 0 Å². The van der Waals surface area contributed by atoms with Crippen molar-refractivity contribution in [1.29, 1.82) is 0 Å². The average molecular weight is 266 g/mol. The molecule has 0 amide bonds. The average Bonchev–Trinajstić information content (AvgIpc) is 3.04. The van der Waals surface area contributed by atoms with Gasteiger partial charge in [0.2, 0.25) is 0 Å². The molecule has 3 rings (SSSR count). The second-order valence-electron chi connectivity index (χ2n) is 6.43. The minimum atomic E-state index is 0.869. The molecule has 110 valence electrons. The first-order valence-electron chi connectivity index (χ1n) is 8.31. The summed E-state index contributed by atoms with van der Waals surface area (Å²) in [4.78, 5) is 8.07. The van der Waals surface area contributed by atoms with E-state index in [9.17, 15) is 0 Å². The molecule has 1 atom stereocenters. The Labute approximate surface area is 118 Å². The van der Waals surface area contributed by atoms with E-state index in [1.807, 2.05) is 0 Å². The molecule has 4 heteroatoms. The van der Waals surface area contributed by atoms with Crippen molar-refractivity contribution in [3.05, 3.63) is 0 Å². The van der Waals surface area contributed by atoms with Gasteiger partial charge in [0, 0.05) is 38.8 Å². The summed E-state index contributed by atoms with van der Waals surface area (Å²) in [5.74, 6) is 0. The third-order valence-corrected chi connectivity index (χ3v) is 5.07. The highest BCUT2D eigenvalue weighted by molar-refractivity contribution is 4.86. The molecular weight excluding hydrogens is 236 g/mol. The molecular formula is C15H30N4. The van der Waals surface area contributed by atoms with Gasteiger partial charge in [-0.05, 0) is 58.4 Å². The van der Waals surface area contributed by atoms with Crippen LogP contribution in [-0.4, -0.2) is 86.2 Å². The predicted octanol–water partition coefficient (Wildman–Crippen LogP) is 0.452. The fourth-order valence-electron chi connectivity index (χ4n) is 3.83. The summed E-state index contributed by atoms with van der Waals surface area (Å²) >= 11 is 0. The van der Waals surface area contributed by atoms with Crippen molar-refractivity contribution < 1.29 is 0 Å². The standard InChI is InChI=1S/C15H30N4/c1-2-9-19(8-1)15-4-10-18(14-15)13-12-17-7-3-5-16-6-11-17/h15-16H,1-14H2. The van der Waals surface area contributed by atoms with Crippen LogP contribution in [0.1, 0.15) is 25.7 Å². The van der Waals surface area contributed by atoms with Crippen LogP contribution in [0.5, 0.6) is 0 Å². The summed E-state index contributed by atoms with van der Waals surface area (Å²) in [5.41, 5.74) is 0. The highest BCUT2D eigenvalue weighted by Crippen LogP contribution is 2.20. The van der Waals surface area contributed by atoms with Crippen LogP contribution < -0.4 is 5.32 Å². The Bertz CT molecular complexity index is 257. The zero-order valence-electron chi connectivity index (χ0n) is 12.3. The molecule has 3 heterocycles. The Hall–Kier alpha value is -0.160. The molecule has 0 spiro atoms. The van der Waals surface area contributed by atoms with Crippen LogP contribution in [0.2, 0.25) is 0 Å². The van der Waals surface area contributed by atoms with E-state index in [2.05, 4.69) is 20.0 Å². The van der Waals surface area contributed by atoms with Crippen molar-refractivity contribution in [2.75, 3.05) is 65.4 Å². The molecule has 4 nitrogen and oxygen atoms in total. The second-order valence-corrected chi connectivity index (χ2v) is 6.43. The van der Waals surface area contributed by atoms with Gasteiger partial charge in [-0.15, -0.1) is 0 Å². The third-order valence-electron chi connectivity index (χ3n) is 5.07. The van der Waals surface area contributed by atoms with Crippen LogP contribution in [0, 0.1) is 0 Å². The maximum Gasteiger partial charge on any atom is 0.0235 e. The number of nitrogens with zero attached hydrogens (tertiary/aromatic N) is 3. The Morgan fingerprint density at radius 3 is 2.53 bits per heavy atom. The van der Waals surface area contributed by atoms with Gasteiger partial charge in [-0.1, -0.05) is 0 Å². The molecule has 0 aromatic heterocycles. The molecule has 3 fully saturated rings. The topological polar surface area (TPSA) is 21.8 Å². The number of rotatable bonds is 4. The smallest absolute Gasteiger partial charge is 0.0235 e. The first kappa shape index (κ1) is 13.8. The summed E-state index contributed by atoms with van der Waals surface area (Å²) in [6.45, 7) is 12.8. The molecule has 0 saturated carbocycles. The minimum Gasteiger partial charge on any atom is -0.315 e. The van der Waals surface area contributed by atoms with E-state index in [1.165, 1.54) is 91.1 Å². The highest BCUT2D eigenvalue weighted by Gasteiger charge is 2.29. The van der Waals surface area contributed by atoms with Crippen molar-refractivity contribution in [1.82, 2.24) is 20.0 Å². The lowest BCUT2D eigenvalue weighted by Crippen LogP contribution is -2.39. The quantitative estimate of drug-likeness (QED) is 0.797. The van der Waals surface area contributed by atoms with Crippen LogP contribution in [0.3, 0.4) is 0 Å². The monoisotopic (exact) mass is 266 g/mol. The molecule has 0 bridgehead atoms. The largest absolute Gasteiger partial charge is 0.315 e. The zero-order valence-corrected chi connectivity index (χ0v) is 12.3. The Kier molecular flexibility index (Phi) is 5.10. The fraction of sp³-hybridized carbons (Fsp3) is 1.00. The van der Waals surface area contributed by atoms with Crippen molar-refractivity contribution in [3.8, 4) is 0 Å². The molecule has 3 aliphatic rings. The summed E-state index contributed by atoms with van der Waals surface area (Å²) in [6.07, 6.45) is 5.58. The van der Waals surface area contributed by atoms with E-state index >= 15 is 0 Å². The van der Waals surface area contributed by atoms with Gasteiger partial charge in [-0.25, -0.2) is 0 Å². The summed E-state index contributed by atoms with van der Waals surface area (Å²) in [5, 5.41) is 3.49. The van der Waals surface area contributed by atoms with Crippen molar-refractivity contribution in [2.45, 2.75) is 31.7 Å². The van der Waals surface area contributed by atoms with E-state index in [4.69, 9.17) is 0 Å². The Morgan fingerprint density at radius 1 is 0.789 bits per heavy atom. The summed E-state index contributed by atoms with van der Waals surface area (Å²) < 4.78 is 0. The van der Waals surface area contributed by atoms with Crippen LogP contribution in [-0.2, 0) is 0 Å². The molecule has 0 radical (unpaired) electrons. The van der Waals surface area contributed by atoms with Crippen LogP contribution in [0.4, 0.5) is 0 Å². The van der Waals surface area contributed by atoms with Gasteiger partial charge in [0.1, 0.15) is 0 Å². The van der Waals surface area contributed by atoms with Gasteiger partial charge < -0.3 is 15.1 Å². The molecule has 1 unspecified atom stereocenters. The van der Waals surface area contributed by atoms with E-state index in [0.29, 0.717) is 0 Å². The van der Waals surface area contributed by atoms with E-state index in [0.717, 1.165) is 6.04 Å². The lowest BCUT2D eigenvalue weighted by atomic mass is 10.2. The van der Waals surface area contributed by atoms with Gasteiger partial charge in [0.15, 0.2) is 0 Å². The SMILES string of the molecule is C1CNCCN(CCN2CCC(N3CCCC3)C2)C1. The molecule has 19 heavy (non-hydrogen) atoms. The number of nitrogens with one attached hydrogen (secondary N) is 1. The number of likely N-dealkylation sites (tertiary alicyclic amines) is 2. The lowest BCUT2D eigenvalue weighted by Gasteiger charge is -2.25. The summed E-state index contributed by atoms with van der Waals surface area (Å²) in [7, 11) is 0. The van der Waals surface area contributed by atoms with Gasteiger partial charge in [-0.2, -0.15) is 0 Å². The number of hydrogen-bond donors (Lipinski definition) is 1. The maximum atomic E-state index is 3.49. The van der Waals surface area contributed by atoms with Gasteiger partial charge >= 0.3 is 0 Å². The molecule has 0 aromatic rings. The van der Waals surface area contributed by atoms with Crippen LogP contribution in [0.25, 0.3) is 0 Å². The highest BCUT2D eigenvalue weighted by atomic mass is 15.3. The first-order chi connectivity index (χ1) is 9.42. The molecule has 3 aliphatic heterocycles. The molecule has 0 aromatic carbocycles. The van der Waals surface area contributed by atoms with Crippen molar-refractivity contribution in [2.24, 2.45) is 0 Å². The third kappa shape index (κ3) is 3.91. The van der Waals surface area contributed by atoms with Gasteiger partial charge in [0.05, 0.1) is 0 Å². The van der Waals surface area contributed by atoms with E-state index in [-0.39, 0.29) is 0 Å². The van der Waals surface area contributed by atoms with Crippen LogP contribution in [0.15, 0.2) is 0 Å². The van der Waals surface area contributed by atoms with E-state index in [1.54, 1.807) is 0 Å². The lowest BCUT2D eigenvalue weighted by molar-refractivity contribution is 0.208. The fourth-order valence-corrected chi connectivity index (χ4v) is 3.83. The maximum absolute atomic E-state index is 3.49. The van der Waals surface area contributed by atoms with Crippen molar-refractivity contribution in [3.63, 3.8) is 0 Å². The zero-order chi connectivity index (χ0) is 12.9. The summed E-state index contributed by atoms with van der Waals surface area (Å²) in [6, 6.07) is 0.869. The normalized spacial score (nSPS) is 31.9. The molecule has 0 aliphatic carbocycles.